The van der Waals surface area contributed by atoms with Gasteiger partial charge in [-0.15, -0.1) is 18.5 Å². The first-order valence-electron chi connectivity index (χ1n) is 5.81. The van der Waals surface area contributed by atoms with Gasteiger partial charge in [0.25, 0.3) is 0 Å². The molecule has 0 spiro atoms. The van der Waals surface area contributed by atoms with Crippen LogP contribution in [0.25, 0.3) is 0 Å². The summed E-state index contributed by atoms with van der Waals surface area (Å²) in [6.07, 6.45) is 6.59. The lowest BCUT2D eigenvalue weighted by atomic mass is 9.81. The van der Waals surface area contributed by atoms with E-state index in [-0.39, 0.29) is 10.3 Å². The topological polar surface area (TPSA) is 9.23 Å². The van der Waals surface area contributed by atoms with Crippen molar-refractivity contribution in [1.29, 1.82) is 0 Å². The van der Waals surface area contributed by atoms with Crippen LogP contribution < -0.4 is 0 Å². The number of rotatable bonds is 3. The van der Waals surface area contributed by atoms with E-state index < -0.39 is 0 Å². The van der Waals surface area contributed by atoms with Crippen molar-refractivity contribution in [3.05, 3.63) is 23.5 Å². The van der Waals surface area contributed by atoms with Crippen LogP contribution in [-0.4, -0.2) is 11.5 Å². The van der Waals surface area contributed by atoms with E-state index in [1.807, 2.05) is 0 Å². The van der Waals surface area contributed by atoms with Crippen LogP contribution in [0.3, 0.4) is 0 Å². The van der Waals surface area contributed by atoms with Crippen LogP contribution in [0.2, 0.25) is 0 Å². The van der Waals surface area contributed by atoms with Gasteiger partial charge < -0.3 is 4.74 Å². The molecule has 0 heterocycles. The van der Waals surface area contributed by atoms with E-state index >= 15 is 0 Å². The fourth-order valence-electron chi connectivity index (χ4n) is 1.75. The molecule has 16 heavy (non-hydrogen) atoms. The van der Waals surface area contributed by atoms with Gasteiger partial charge in [0, 0.05) is 4.90 Å². The molecule has 0 bridgehead atoms. The number of hydrogen-bond acceptors (Lipinski definition) is 1. The van der Waals surface area contributed by atoms with Gasteiger partial charge in [0.15, 0.2) is 0 Å². The maximum absolute atomic E-state index is 5.94. The SMILES string of the molecule is CC(P)(P)COC1=C(C(C)(C)C)CCC=C1. The van der Waals surface area contributed by atoms with Gasteiger partial charge in [0.05, 0.1) is 0 Å². The van der Waals surface area contributed by atoms with Crippen LogP contribution in [-0.2, 0) is 4.74 Å². The molecule has 1 aliphatic rings. The highest BCUT2D eigenvalue weighted by atomic mass is 31.1. The molecule has 0 N–H and O–H groups in total. The molecule has 2 unspecified atom stereocenters. The molecule has 0 aromatic heterocycles. The summed E-state index contributed by atoms with van der Waals surface area (Å²) in [5.74, 6) is 1.08. The summed E-state index contributed by atoms with van der Waals surface area (Å²) in [6.45, 7) is 9.61. The molecule has 0 saturated heterocycles. The molecule has 2 atom stereocenters. The van der Waals surface area contributed by atoms with E-state index in [0.29, 0.717) is 6.61 Å². The molecule has 0 aromatic carbocycles. The van der Waals surface area contributed by atoms with Crippen molar-refractivity contribution in [1.82, 2.24) is 0 Å². The van der Waals surface area contributed by atoms with Crippen LogP contribution >= 0.6 is 18.5 Å². The lowest BCUT2D eigenvalue weighted by molar-refractivity contribution is 0.208. The summed E-state index contributed by atoms with van der Waals surface area (Å²) in [6, 6.07) is 0. The molecule has 1 nitrogen and oxygen atoms in total. The van der Waals surface area contributed by atoms with E-state index in [1.165, 1.54) is 5.57 Å². The van der Waals surface area contributed by atoms with Gasteiger partial charge in [0.2, 0.25) is 0 Å². The quantitative estimate of drug-likeness (QED) is 0.692. The van der Waals surface area contributed by atoms with Crippen molar-refractivity contribution in [2.24, 2.45) is 5.41 Å². The lowest BCUT2D eigenvalue weighted by Gasteiger charge is -2.29. The van der Waals surface area contributed by atoms with Crippen LogP contribution in [0.1, 0.15) is 40.5 Å². The third kappa shape index (κ3) is 4.56. The third-order valence-electron chi connectivity index (χ3n) is 2.57. The maximum Gasteiger partial charge on any atom is 0.118 e. The normalized spacial score (nSPS) is 17.9. The third-order valence-corrected chi connectivity index (χ3v) is 2.90. The van der Waals surface area contributed by atoms with Gasteiger partial charge in [-0.1, -0.05) is 26.8 Å². The first-order valence-corrected chi connectivity index (χ1v) is 6.96. The van der Waals surface area contributed by atoms with Crippen molar-refractivity contribution in [3.8, 4) is 0 Å². The molecular formula is C13H24OP2. The Labute approximate surface area is 105 Å². The Hall–Kier alpha value is 0.140. The summed E-state index contributed by atoms with van der Waals surface area (Å²) >= 11 is 0. The number of hydrogen-bond donors (Lipinski definition) is 0. The summed E-state index contributed by atoms with van der Waals surface area (Å²) < 4.78 is 5.94. The van der Waals surface area contributed by atoms with Crippen molar-refractivity contribution in [3.63, 3.8) is 0 Å². The molecule has 0 amide bonds. The second kappa shape index (κ2) is 5.19. The second-order valence-electron chi connectivity index (χ2n) is 5.83. The highest BCUT2D eigenvalue weighted by Crippen LogP contribution is 2.36. The predicted octanol–water partition coefficient (Wildman–Crippen LogP) is 4.12. The molecule has 1 aliphatic carbocycles. The first-order chi connectivity index (χ1) is 7.20. The fourth-order valence-corrected chi connectivity index (χ4v) is 1.92. The summed E-state index contributed by atoms with van der Waals surface area (Å²) in [7, 11) is 5.58. The second-order valence-corrected chi connectivity index (χ2v) is 9.13. The zero-order chi connectivity index (χ0) is 12.4. The lowest BCUT2D eigenvalue weighted by Crippen LogP contribution is -2.19. The summed E-state index contributed by atoms with van der Waals surface area (Å²) in [5, 5.41) is 0. The highest BCUT2D eigenvalue weighted by Gasteiger charge is 2.23. The van der Waals surface area contributed by atoms with E-state index in [2.05, 4.69) is 58.3 Å². The van der Waals surface area contributed by atoms with Gasteiger partial charge in [-0.2, -0.15) is 0 Å². The van der Waals surface area contributed by atoms with E-state index in [9.17, 15) is 0 Å². The van der Waals surface area contributed by atoms with E-state index in [1.54, 1.807) is 0 Å². The molecular weight excluding hydrogens is 234 g/mol. The molecule has 0 fully saturated rings. The van der Waals surface area contributed by atoms with Crippen LogP contribution in [0.4, 0.5) is 0 Å². The fraction of sp³-hybridized carbons (Fsp3) is 0.692. The van der Waals surface area contributed by atoms with Gasteiger partial charge in [-0.3, -0.25) is 0 Å². The molecule has 1 rings (SSSR count). The number of allylic oxidation sites excluding steroid dienone is 3. The van der Waals surface area contributed by atoms with Gasteiger partial charge in [-0.25, -0.2) is 0 Å². The molecule has 3 heteroatoms. The Kier molecular flexibility index (Phi) is 4.61. The van der Waals surface area contributed by atoms with Crippen LogP contribution in [0, 0.1) is 5.41 Å². The largest absolute Gasteiger partial charge is 0.492 e. The zero-order valence-corrected chi connectivity index (χ0v) is 13.1. The zero-order valence-electron chi connectivity index (χ0n) is 10.8. The number of ether oxygens (including phenoxy) is 1. The Balaban J connectivity index is 2.81. The summed E-state index contributed by atoms with van der Waals surface area (Å²) in [4.78, 5) is 0.0568. The maximum atomic E-state index is 5.94. The van der Waals surface area contributed by atoms with Gasteiger partial charge >= 0.3 is 0 Å². The van der Waals surface area contributed by atoms with Crippen LogP contribution in [0.5, 0.6) is 0 Å². The average Bonchev–Trinajstić information content (AvgIpc) is 2.12. The van der Waals surface area contributed by atoms with Crippen molar-refractivity contribution >= 4 is 18.5 Å². The summed E-state index contributed by atoms with van der Waals surface area (Å²) in [5.41, 5.74) is 1.65. The molecule has 0 aliphatic heterocycles. The minimum absolute atomic E-state index is 0.0568. The average molecular weight is 258 g/mol. The Morgan fingerprint density at radius 1 is 1.25 bits per heavy atom. The Morgan fingerprint density at radius 2 is 1.88 bits per heavy atom. The van der Waals surface area contributed by atoms with Gasteiger partial charge in [-0.05, 0) is 36.8 Å². The van der Waals surface area contributed by atoms with E-state index in [4.69, 9.17) is 4.74 Å². The molecule has 0 radical (unpaired) electrons. The minimum Gasteiger partial charge on any atom is -0.492 e. The minimum atomic E-state index is 0.0568. The standard InChI is InChI=1S/C13H24OP2/c1-12(2,3)10-7-5-6-8-11(10)14-9-13(4,15)16/h6,8H,5,7,9,15-16H2,1-4H3. The van der Waals surface area contributed by atoms with Crippen LogP contribution in [0.15, 0.2) is 23.5 Å². The molecule has 0 saturated carbocycles. The molecule has 0 aromatic rings. The van der Waals surface area contributed by atoms with Crippen molar-refractivity contribution in [2.45, 2.75) is 45.4 Å². The van der Waals surface area contributed by atoms with Crippen molar-refractivity contribution < 1.29 is 4.74 Å². The predicted molar refractivity (Wildman–Crippen MR) is 78.6 cm³/mol. The monoisotopic (exact) mass is 258 g/mol. The molecule has 92 valence electrons. The smallest absolute Gasteiger partial charge is 0.118 e. The van der Waals surface area contributed by atoms with Crippen molar-refractivity contribution in [2.75, 3.05) is 6.61 Å². The Bertz CT molecular complexity index is 303. The first kappa shape index (κ1) is 14.2. The Morgan fingerprint density at radius 3 is 2.38 bits per heavy atom. The van der Waals surface area contributed by atoms with Gasteiger partial charge in [0.1, 0.15) is 12.4 Å². The van der Waals surface area contributed by atoms with E-state index in [0.717, 1.165) is 18.6 Å². The highest BCUT2D eigenvalue weighted by molar-refractivity contribution is 7.39.